The smallest absolute Gasteiger partial charge is 0.153 e. The van der Waals surface area contributed by atoms with E-state index in [9.17, 15) is 4.79 Å². The van der Waals surface area contributed by atoms with Gasteiger partial charge in [0.05, 0.1) is 5.00 Å². The first-order valence-electron chi connectivity index (χ1n) is 3.80. The van der Waals surface area contributed by atoms with E-state index in [4.69, 9.17) is 5.73 Å². The Balaban J connectivity index is 3.13. The van der Waals surface area contributed by atoms with Gasteiger partial charge in [-0.05, 0) is 11.5 Å². The third kappa shape index (κ3) is 1.67. The Bertz CT molecular complexity index is 296. The molecule has 1 aromatic heterocycles. The fraction of sp³-hybridized carbons (Fsp3) is 0.444. The predicted molar refractivity (Wildman–Crippen MR) is 52.8 cm³/mol. The maximum Gasteiger partial charge on any atom is 0.153 e. The number of thiophene rings is 1. The van der Waals surface area contributed by atoms with Gasteiger partial charge in [0.25, 0.3) is 0 Å². The van der Waals surface area contributed by atoms with E-state index < -0.39 is 0 Å². The van der Waals surface area contributed by atoms with E-state index >= 15 is 0 Å². The van der Waals surface area contributed by atoms with Crippen LogP contribution in [0.1, 0.15) is 36.0 Å². The van der Waals surface area contributed by atoms with Gasteiger partial charge in [-0.2, -0.15) is 0 Å². The molecule has 2 nitrogen and oxygen atoms in total. The lowest BCUT2D eigenvalue weighted by Gasteiger charge is -2.14. The van der Waals surface area contributed by atoms with Crippen LogP contribution in [0.2, 0.25) is 0 Å². The van der Waals surface area contributed by atoms with Gasteiger partial charge >= 0.3 is 0 Å². The molecule has 12 heavy (non-hydrogen) atoms. The zero-order valence-corrected chi connectivity index (χ0v) is 8.37. The number of hydrogen-bond donors (Lipinski definition) is 1. The first-order chi connectivity index (χ1) is 5.45. The van der Waals surface area contributed by atoms with Gasteiger partial charge in [0, 0.05) is 10.4 Å². The predicted octanol–water partition coefficient (Wildman–Crippen LogP) is 2.44. The summed E-state index contributed by atoms with van der Waals surface area (Å²) in [6.45, 7) is 6.31. The molecule has 0 fully saturated rings. The second-order valence-electron chi connectivity index (χ2n) is 3.80. The van der Waals surface area contributed by atoms with Gasteiger partial charge in [-0.1, -0.05) is 20.8 Å². The molecule has 66 valence electrons. The van der Waals surface area contributed by atoms with Gasteiger partial charge in [-0.15, -0.1) is 11.3 Å². The van der Waals surface area contributed by atoms with Crippen molar-refractivity contribution in [3.05, 3.63) is 16.5 Å². The Labute approximate surface area is 76.4 Å². The van der Waals surface area contributed by atoms with E-state index in [2.05, 4.69) is 20.8 Å². The lowest BCUT2D eigenvalue weighted by molar-refractivity contribution is 0.112. The summed E-state index contributed by atoms with van der Waals surface area (Å²) in [6, 6.07) is 1.87. The third-order valence-corrected chi connectivity index (χ3v) is 3.06. The molecular weight excluding hydrogens is 170 g/mol. The average Bonchev–Trinajstić information content (AvgIpc) is 2.29. The first-order valence-corrected chi connectivity index (χ1v) is 4.62. The molecule has 0 bridgehead atoms. The Kier molecular flexibility index (Phi) is 2.24. The summed E-state index contributed by atoms with van der Waals surface area (Å²) < 4.78 is 0. The third-order valence-electron chi connectivity index (χ3n) is 1.66. The maximum absolute atomic E-state index is 10.5. The molecule has 0 amide bonds. The Hall–Kier alpha value is -0.830. The van der Waals surface area contributed by atoms with Crippen molar-refractivity contribution in [2.75, 3.05) is 5.73 Å². The van der Waals surface area contributed by atoms with Crippen molar-refractivity contribution < 1.29 is 4.79 Å². The molecule has 1 heterocycles. The summed E-state index contributed by atoms with van der Waals surface area (Å²) in [6.07, 6.45) is 0.807. The van der Waals surface area contributed by atoms with Crippen LogP contribution in [-0.4, -0.2) is 6.29 Å². The number of rotatable bonds is 1. The van der Waals surface area contributed by atoms with Crippen LogP contribution >= 0.6 is 11.3 Å². The van der Waals surface area contributed by atoms with E-state index in [-0.39, 0.29) is 5.41 Å². The molecule has 0 saturated carbocycles. The average molecular weight is 183 g/mol. The number of hydrogen-bond acceptors (Lipinski definition) is 3. The highest BCUT2D eigenvalue weighted by atomic mass is 32.1. The van der Waals surface area contributed by atoms with E-state index in [1.807, 2.05) is 6.07 Å². The lowest BCUT2D eigenvalue weighted by atomic mass is 9.94. The first kappa shape index (κ1) is 9.26. The molecule has 1 rings (SSSR count). The van der Waals surface area contributed by atoms with Crippen LogP contribution in [0.3, 0.4) is 0 Å². The topological polar surface area (TPSA) is 43.1 Å². The molecule has 0 aromatic carbocycles. The fourth-order valence-corrected chi connectivity index (χ4v) is 1.83. The SMILES string of the molecule is CC(C)(C)c1cc(C=O)c(N)s1. The van der Waals surface area contributed by atoms with Gasteiger partial charge in [0.1, 0.15) is 0 Å². The van der Waals surface area contributed by atoms with Crippen molar-refractivity contribution in [2.24, 2.45) is 0 Å². The molecule has 3 heteroatoms. The summed E-state index contributed by atoms with van der Waals surface area (Å²) in [4.78, 5) is 11.6. The van der Waals surface area contributed by atoms with Crippen molar-refractivity contribution in [1.29, 1.82) is 0 Å². The van der Waals surface area contributed by atoms with Crippen LogP contribution in [-0.2, 0) is 5.41 Å². The van der Waals surface area contributed by atoms with E-state index in [1.165, 1.54) is 11.3 Å². The lowest BCUT2D eigenvalue weighted by Crippen LogP contribution is -2.07. The normalized spacial score (nSPS) is 11.6. The number of carbonyl (C=O) groups excluding carboxylic acids is 1. The summed E-state index contributed by atoms with van der Waals surface area (Å²) in [5, 5.41) is 0.620. The minimum absolute atomic E-state index is 0.0834. The molecule has 0 unspecified atom stereocenters. The number of carbonyl (C=O) groups is 1. The van der Waals surface area contributed by atoms with Crippen LogP contribution in [0.4, 0.5) is 5.00 Å². The van der Waals surface area contributed by atoms with Gasteiger partial charge in [-0.3, -0.25) is 4.79 Å². The molecule has 1 aromatic rings. The zero-order valence-electron chi connectivity index (χ0n) is 7.55. The second kappa shape index (κ2) is 2.90. The second-order valence-corrected chi connectivity index (χ2v) is 4.88. The van der Waals surface area contributed by atoms with E-state index in [0.717, 1.165) is 11.2 Å². The molecule has 0 spiro atoms. The molecule has 0 aliphatic heterocycles. The molecule has 0 atom stereocenters. The largest absolute Gasteiger partial charge is 0.390 e. The van der Waals surface area contributed by atoms with Crippen molar-refractivity contribution in [3.8, 4) is 0 Å². The van der Waals surface area contributed by atoms with Gasteiger partial charge in [0.15, 0.2) is 6.29 Å². The quantitative estimate of drug-likeness (QED) is 0.679. The molecule has 0 saturated heterocycles. The van der Waals surface area contributed by atoms with Crippen LogP contribution in [0.5, 0.6) is 0 Å². The number of nitrogens with two attached hydrogens (primary N) is 1. The zero-order chi connectivity index (χ0) is 9.35. The maximum atomic E-state index is 10.5. The van der Waals surface area contributed by atoms with Gasteiger partial charge in [0.2, 0.25) is 0 Å². The van der Waals surface area contributed by atoms with Crippen molar-refractivity contribution >= 4 is 22.6 Å². The minimum Gasteiger partial charge on any atom is -0.390 e. The van der Waals surface area contributed by atoms with Crippen LogP contribution < -0.4 is 5.73 Å². The van der Waals surface area contributed by atoms with Gasteiger partial charge < -0.3 is 5.73 Å². The van der Waals surface area contributed by atoms with Crippen molar-refractivity contribution in [3.63, 3.8) is 0 Å². The monoisotopic (exact) mass is 183 g/mol. The van der Waals surface area contributed by atoms with Crippen LogP contribution in [0.25, 0.3) is 0 Å². The molecule has 0 aliphatic rings. The Morgan fingerprint density at radius 3 is 2.33 bits per heavy atom. The highest BCUT2D eigenvalue weighted by Crippen LogP contribution is 2.33. The standard InChI is InChI=1S/C9H13NOS/c1-9(2,3)7-4-6(5-11)8(10)12-7/h4-5H,10H2,1-3H3. The van der Waals surface area contributed by atoms with Crippen molar-refractivity contribution in [2.45, 2.75) is 26.2 Å². The Morgan fingerprint density at radius 2 is 2.08 bits per heavy atom. The summed E-state index contributed by atoms with van der Waals surface area (Å²) >= 11 is 1.49. The highest BCUT2D eigenvalue weighted by Gasteiger charge is 2.17. The number of aldehydes is 1. The van der Waals surface area contributed by atoms with E-state index in [0.29, 0.717) is 10.6 Å². The summed E-state index contributed by atoms with van der Waals surface area (Å²) in [5.74, 6) is 0. The highest BCUT2D eigenvalue weighted by molar-refractivity contribution is 7.16. The summed E-state index contributed by atoms with van der Waals surface area (Å²) in [5.41, 5.74) is 6.33. The molecule has 0 radical (unpaired) electrons. The van der Waals surface area contributed by atoms with Crippen molar-refractivity contribution in [1.82, 2.24) is 0 Å². The van der Waals surface area contributed by atoms with Crippen LogP contribution in [0.15, 0.2) is 6.07 Å². The molecular formula is C9H13NOS. The molecule has 2 N–H and O–H groups in total. The fourth-order valence-electron chi connectivity index (χ4n) is 0.881. The van der Waals surface area contributed by atoms with Crippen LogP contribution in [0, 0.1) is 0 Å². The summed E-state index contributed by atoms with van der Waals surface area (Å²) in [7, 11) is 0. The minimum atomic E-state index is 0.0834. The number of anilines is 1. The molecule has 0 aliphatic carbocycles. The Morgan fingerprint density at radius 1 is 1.50 bits per heavy atom. The van der Waals surface area contributed by atoms with E-state index in [1.54, 1.807) is 0 Å². The van der Waals surface area contributed by atoms with Gasteiger partial charge in [-0.25, -0.2) is 0 Å². The number of nitrogen functional groups attached to an aromatic ring is 1.